The van der Waals surface area contributed by atoms with E-state index in [1.807, 2.05) is 42.5 Å². The van der Waals surface area contributed by atoms with Crippen molar-refractivity contribution in [3.8, 4) is 11.1 Å². The number of rotatable bonds is 4. The molecule has 6 rings (SSSR count). The first-order valence-corrected chi connectivity index (χ1v) is 12.9. The minimum Gasteiger partial charge on any atom is -0.385 e. The number of aromatic nitrogens is 2. The number of benzene rings is 3. The van der Waals surface area contributed by atoms with Gasteiger partial charge in [-0.25, -0.2) is 0 Å². The van der Waals surface area contributed by atoms with E-state index < -0.39 is 5.60 Å². The number of hydrogen-bond donors (Lipinski definition) is 3. The number of aldehydes is 2. The molecule has 0 unspecified atom stereocenters. The van der Waals surface area contributed by atoms with E-state index in [0.29, 0.717) is 21.2 Å². The van der Waals surface area contributed by atoms with Crippen molar-refractivity contribution in [2.75, 3.05) is 0 Å². The van der Waals surface area contributed by atoms with Crippen LogP contribution in [0.5, 0.6) is 0 Å². The Hall–Kier alpha value is -2.90. The molecule has 0 aliphatic heterocycles. The summed E-state index contributed by atoms with van der Waals surface area (Å²) in [6, 6.07) is 15.3. The Balaban J connectivity index is 0.000000174. The summed E-state index contributed by atoms with van der Waals surface area (Å²) in [7, 11) is 0. The number of aromatic amines is 2. The third kappa shape index (κ3) is 4.50. The van der Waals surface area contributed by atoms with Gasteiger partial charge in [0, 0.05) is 55.4 Å². The largest absolute Gasteiger partial charge is 0.385 e. The van der Waals surface area contributed by atoms with E-state index in [2.05, 4.69) is 25.9 Å². The Bertz CT molecular complexity index is 1600. The lowest BCUT2D eigenvalue weighted by Gasteiger charge is -2.37. The van der Waals surface area contributed by atoms with Crippen LogP contribution in [0.2, 0.25) is 10.0 Å². The summed E-state index contributed by atoms with van der Waals surface area (Å²) in [5.74, 6) is 0. The number of H-pyrrole nitrogens is 2. The fraction of sp³-hybridized carbons (Fsp3) is 0.143. The van der Waals surface area contributed by atoms with Crippen LogP contribution < -0.4 is 0 Å². The molecule has 0 spiro atoms. The van der Waals surface area contributed by atoms with Gasteiger partial charge in [0.1, 0.15) is 0 Å². The number of hydrogen-bond acceptors (Lipinski definition) is 3. The lowest BCUT2D eigenvalue weighted by molar-refractivity contribution is -0.0387. The van der Waals surface area contributed by atoms with Gasteiger partial charge in [-0.15, -0.1) is 0 Å². The normalized spacial score (nSPS) is 14.2. The van der Waals surface area contributed by atoms with Crippen molar-refractivity contribution in [3.05, 3.63) is 92.1 Å². The molecule has 1 aliphatic carbocycles. The van der Waals surface area contributed by atoms with Gasteiger partial charge in [-0.05, 0) is 70.6 Å². The summed E-state index contributed by atoms with van der Waals surface area (Å²) >= 11 is 15.6. The van der Waals surface area contributed by atoms with Crippen LogP contribution in [-0.2, 0) is 5.60 Å². The predicted octanol–water partition coefficient (Wildman–Crippen LogP) is 8.07. The Morgan fingerprint density at radius 3 is 1.92 bits per heavy atom. The monoisotopic (exact) mass is 582 g/mol. The number of carbonyl (C=O) groups is 2. The van der Waals surface area contributed by atoms with Crippen LogP contribution in [0.15, 0.2) is 65.4 Å². The molecule has 2 heterocycles. The highest BCUT2D eigenvalue weighted by atomic mass is 79.9. The average Bonchev–Trinajstić information content (AvgIpc) is 3.45. The lowest BCUT2D eigenvalue weighted by atomic mass is 9.75. The molecule has 8 heteroatoms. The summed E-state index contributed by atoms with van der Waals surface area (Å²) in [6.07, 6.45) is 7.73. The number of fused-ring (bicyclic) bond motifs is 2. The molecule has 182 valence electrons. The highest BCUT2D eigenvalue weighted by Crippen LogP contribution is 2.42. The first-order valence-electron chi connectivity index (χ1n) is 11.3. The second kappa shape index (κ2) is 9.87. The first kappa shape index (κ1) is 24.8. The van der Waals surface area contributed by atoms with Crippen LogP contribution in [0.3, 0.4) is 0 Å². The minimum atomic E-state index is -0.655. The molecule has 0 amide bonds. The molecule has 2 aromatic heterocycles. The molecule has 5 aromatic rings. The van der Waals surface area contributed by atoms with Crippen LogP contribution in [0.1, 0.15) is 45.5 Å². The van der Waals surface area contributed by atoms with Crippen LogP contribution in [-0.4, -0.2) is 27.6 Å². The molecule has 36 heavy (non-hydrogen) atoms. The molecule has 0 atom stereocenters. The number of nitrogens with one attached hydrogen (secondary N) is 2. The van der Waals surface area contributed by atoms with Crippen molar-refractivity contribution in [3.63, 3.8) is 0 Å². The molecule has 0 bridgehead atoms. The quantitative estimate of drug-likeness (QED) is 0.187. The second-order valence-corrected chi connectivity index (χ2v) is 10.5. The topological polar surface area (TPSA) is 85.9 Å². The SMILES string of the molecule is O=Cc1c[nH]c2cc(Cl)c(-c3ccc(C4(O)CCC4)cc3)cc12.O=Cc1c[nH]c2cc(Cl)c(Br)cc12. The van der Waals surface area contributed by atoms with Crippen molar-refractivity contribution in [2.45, 2.75) is 24.9 Å². The highest BCUT2D eigenvalue weighted by molar-refractivity contribution is 9.10. The van der Waals surface area contributed by atoms with Crippen molar-refractivity contribution in [1.29, 1.82) is 0 Å². The van der Waals surface area contributed by atoms with E-state index in [0.717, 1.165) is 74.8 Å². The summed E-state index contributed by atoms with van der Waals surface area (Å²) in [5.41, 5.74) is 5.15. The molecule has 0 saturated heterocycles. The zero-order valence-electron chi connectivity index (χ0n) is 18.9. The van der Waals surface area contributed by atoms with Gasteiger partial charge in [-0.2, -0.15) is 0 Å². The molecular formula is C28H21BrCl2N2O3. The fourth-order valence-corrected chi connectivity index (χ4v) is 5.26. The van der Waals surface area contributed by atoms with E-state index in [9.17, 15) is 14.7 Å². The van der Waals surface area contributed by atoms with E-state index >= 15 is 0 Å². The van der Waals surface area contributed by atoms with Crippen molar-refractivity contribution >= 4 is 73.5 Å². The molecule has 3 N–H and O–H groups in total. The Morgan fingerprint density at radius 2 is 1.39 bits per heavy atom. The molecule has 1 saturated carbocycles. The van der Waals surface area contributed by atoms with Crippen LogP contribution in [0.4, 0.5) is 0 Å². The van der Waals surface area contributed by atoms with E-state index in [1.165, 1.54) is 0 Å². The summed E-state index contributed by atoms with van der Waals surface area (Å²) in [5, 5.41) is 13.4. The predicted molar refractivity (Wildman–Crippen MR) is 148 cm³/mol. The van der Waals surface area contributed by atoms with Crippen LogP contribution in [0, 0.1) is 0 Å². The standard InChI is InChI=1S/C19H16ClNO2.C9H5BrClNO/c20-17-9-18-16(13(11-22)10-21-18)8-15(17)12-2-4-14(5-3-12)19(23)6-1-7-19;10-7-1-6-5(4-13)3-12-9(6)2-8(7)11/h2-5,8-11,21,23H,1,6-7H2;1-4,12H. The smallest absolute Gasteiger partial charge is 0.152 e. The highest BCUT2D eigenvalue weighted by Gasteiger charge is 2.35. The van der Waals surface area contributed by atoms with Gasteiger partial charge in [-0.3, -0.25) is 9.59 Å². The van der Waals surface area contributed by atoms with Crippen LogP contribution >= 0.6 is 39.1 Å². The van der Waals surface area contributed by atoms with Crippen molar-refractivity contribution in [2.24, 2.45) is 0 Å². The molecule has 1 fully saturated rings. The number of halogens is 3. The maximum absolute atomic E-state index is 11.1. The van der Waals surface area contributed by atoms with E-state index in [1.54, 1.807) is 18.5 Å². The van der Waals surface area contributed by atoms with Gasteiger partial charge in [0.25, 0.3) is 0 Å². The Morgan fingerprint density at radius 1 is 0.833 bits per heavy atom. The Kier molecular flexibility index (Phi) is 6.79. The van der Waals surface area contributed by atoms with Gasteiger partial charge < -0.3 is 15.1 Å². The lowest BCUT2D eigenvalue weighted by Crippen LogP contribution is -2.33. The number of carbonyl (C=O) groups excluding carboxylic acids is 2. The second-order valence-electron chi connectivity index (χ2n) is 8.88. The van der Waals surface area contributed by atoms with Gasteiger partial charge in [0.15, 0.2) is 12.6 Å². The average molecular weight is 584 g/mol. The number of aliphatic hydroxyl groups is 1. The van der Waals surface area contributed by atoms with Crippen molar-refractivity contribution < 1.29 is 14.7 Å². The minimum absolute atomic E-state index is 0.623. The third-order valence-corrected chi connectivity index (χ3v) is 8.23. The Labute approximate surface area is 225 Å². The zero-order chi connectivity index (χ0) is 25.4. The zero-order valence-corrected chi connectivity index (χ0v) is 22.0. The summed E-state index contributed by atoms with van der Waals surface area (Å²) in [6.45, 7) is 0. The molecule has 3 aromatic carbocycles. The summed E-state index contributed by atoms with van der Waals surface area (Å²) in [4.78, 5) is 27.8. The molecular weight excluding hydrogens is 563 g/mol. The van der Waals surface area contributed by atoms with Gasteiger partial charge in [0.2, 0.25) is 0 Å². The van der Waals surface area contributed by atoms with Crippen LogP contribution in [0.25, 0.3) is 32.9 Å². The maximum atomic E-state index is 11.1. The van der Waals surface area contributed by atoms with Gasteiger partial charge >= 0.3 is 0 Å². The van der Waals surface area contributed by atoms with E-state index in [4.69, 9.17) is 23.2 Å². The van der Waals surface area contributed by atoms with Gasteiger partial charge in [-0.1, -0.05) is 47.5 Å². The molecule has 1 aliphatic rings. The summed E-state index contributed by atoms with van der Waals surface area (Å²) < 4.78 is 0.796. The van der Waals surface area contributed by atoms with Gasteiger partial charge in [0.05, 0.1) is 15.6 Å². The molecule has 0 radical (unpaired) electrons. The third-order valence-electron chi connectivity index (χ3n) is 6.72. The fourth-order valence-electron chi connectivity index (χ4n) is 4.48. The van der Waals surface area contributed by atoms with Crippen molar-refractivity contribution in [1.82, 2.24) is 9.97 Å². The maximum Gasteiger partial charge on any atom is 0.152 e. The molecule has 5 nitrogen and oxygen atoms in total. The van der Waals surface area contributed by atoms with E-state index in [-0.39, 0.29) is 0 Å². The first-order chi connectivity index (χ1) is 17.3.